The van der Waals surface area contributed by atoms with E-state index < -0.39 is 0 Å². The second-order valence-electron chi connectivity index (χ2n) is 2.94. The normalized spacial score (nSPS) is 18.8. The SMILES string of the molecule is C/C(N)=C/C(=S)C1=CCNCC1. The zero-order valence-electron chi connectivity index (χ0n) is 7.26. The fraction of sp³-hybridized carbons (Fsp3) is 0.444. The van der Waals surface area contributed by atoms with E-state index in [4.69, 9.17) is 18.0 Å². The Labute approximate surface area is 78.5 Å². The van der Waals surface area contributed by atoms with Crippen LogP contribution in [-0.2, 0) is 0 Å². The smallest absolute Gasteiger partial charge is 0.0423 e. The van der Waals surface area contributed by atoms with Crippen LogP contribution in [0.25, 0.3) is 0 Å². The van der Waals surface area contributed by atoms with Crippen LogP contribution in [0.5, 0.6) is 0 Å². The lowest BCUT2D eigenvalue weighted by molar-refractivity contribution is 0.718. The van der Waals surface area contributed by atoms with E-state index in [2.05, 4.69) is 11.4 Å². The molecule has 12 heavy (non-hydrogen) atoms. The standard InChI is InChI=1S/C9H14N2S/c1-7(10)6-9(12)8-2-4-11-5-3-8/h2,6,11H,3-5,10H2,1H3/b7-6-. The summed E-state index contributed by atoms with van der Waals surface area (Å²) in [5.74, 6) is 0. The first-order valence-electron chi connectivity index (χ1n) is 4.08. The van der Waals surface area contributed by atoms with Crippen LogP contribution in [0.3, 0.4) is 0 Å². The summed E-state index contributed by atoms with van der Waals surface area (Å²) in [6, 6.07) is 0. The maximum absolute atomic E-state index is 5.53. The molecule has 3 N–H and O–H groups in total. The predicted octanol–water partition coefficient (Wildman–Crippen LogP) is 1.14. The first-order valence-corrected chi connectivity index (χ1v) is 4.49. The van der Waals surface area contributed by atoms with Gasteiger partial charge in [-0.05, 0) is 31.5 Å². The molecular formula is C9H14N2S. The Hall–Kier alpha value is -0.670. The van der Waals surface area contributed by atoms with Gasteiger partial charge in [0.15, 0.2) is 0 Å². The fourth-order valence-electron chi connectivity index (χ4n) is 1.15. The van der Waals surface area contributed by atoms with Crippen LogP contribution < -0.4 is 11.1 Å². The molecule has 0 saturated carbocycles. The van der Waals surface area contributed by atoms with Gasteiger partial charge in [0, 0.05) is 17.1 Å². The van der Waals surface area contributed by atoms with Gasteiger partial charge in [-0.1, -0.05) is 18.3 Å². The summed E-state index contributed by atoms with van der Waals surface area (Å²) in [5, 5.41) is 3.23. The van der Waals surface area contributed by atoms with Crippen molar-refractivity contribution in [2.24, 2.45) is 5.73 Å². The lowest BCUT2D eigenvalue weighted by atomic mass is 10.1. The zero-order valence-corrected chi connectivity index (χ0v) is 8.08. The molecule has 0 saturated heterocycles. The number of allylic oxidation sites excluding steroid dienone is 2. The molecule has 0 aromatic carbocycles. The summed E-state index contributed by atoms with van der Waals surface area (Å²) in [5.41, 5.74) is 7.55. The van der Waals surface area contributed by atoms with Crippen molar-refractivity contribution in [3.05, 3.63) is 23.4 Å². The van der Waals surface area contributed by atoms with Crippen molar-refractivity contribution in [1.82, 2.24) is 5.32 Å². The zero-order chi connectivity index (χ0) is 8.97. The van der Waals surface area contributed by atoms with Crippen LogP contribution in [0, 0.1) is 0 Å². The molecular weight excluding hydrogens is 168 g/mol. The monoisotopic (exact) mass is 182 g/mol. The van der Waals surface area contributed by atoms with Gasteiger partial charge >= 0.3 is 0 Å². The Morgan fingerprint density at radius 1 is 1.75 bits per heavy atom. The summed E-state index contributed by atoms with van der Waals surface area (Å²) >= 11 is 5.20. The van der Waals surface area contributed by atoms with E-state index >= 15 is 0 Å². The van der Waals surface area contributed by atoms with Crippen LogP contribution in [0.2, 0.25) is 0 Å². The molecule has 0 bridgehead atoms. The fourth-order valence-corrected chi connectivity index (χ4v) is 1.52. The number of nitrogens with one attached hydrogen (secondary N) is 1. The molecule has 1 aliphatic rings. The molecule has 0 radical (unpaired) electrons. The van der Waals surface area contributed by atoms with E-state index in [-0.39, 0.29) is 0 Å². The first-order chi connectivity index (χ1) is 5.70. The third-order valence-electron chi connectivity index (χ3n) is 1.74. The highest BCUT2D eigenvalue weighted by molar-refractivity contribution is 7.81. The lowest BCUT2D eigenvalue weighted by Gasteiger charge is -2.12. The summed E-state index contributed by atoms with van der Waals surface area (Å²) < 4.78 is 0. The van der Waals surface area contributed by atoms with Gasteiger partial charge < -0.3 is 11.1 Å². The minimum atomic E-state index is 0.777. The average Bonchev–Trinajstić information content (AvgIpc) is 2.05. The van der Waals surface area contributed by atoms with Crippen LogP contribution in [0.4, 0.5) is 0 Å². The summed E-state index contributed by atoms with van der Waals surface area (Å²) in [4.78, 5) is 0.886. The average molecular weight is 182 g/mol. The number of hydrogen-bond acceptors (Lipinski definition) is 3. The third-order valence-corrected chi connectivity index (χ3v) is 2.12. The number of nitrogens with two attached hydrogens (primary N) is 1. The van der Waals surface area contributed by atoms with E-state index in [1.807, 2.05) is 13.0 Å². The van der Waals surface area contributed by atoms with E-state index in [0.717, 1.165) is 30.1 Å². The van der Waals surface area contributed by atoms with Gasteiger partial charge in [-0.3, -0.25) is 0 Å². The van der Waals surface area contributed by atoms with E-state index in [1.165, 1.54) is 5.57 Å². The van der Waals surface area contributed by atoms with Gasteiger partial charge in [0.1, 0.15) is 0 Å². The highest BCUT2D eigenvalue weighted by atomic mass is 32.1. The van der Waals surface area contributed by atoms with Crippen molar-refractivity contribution in [2.75, 3.05) is 13.1 Å². The van der Waals surface area contributed by atoms with Gasteiger partial charge in [-0.2, -0.15) is 0 Å². The van der Waals surface area contributed by atoms with Crippen LogP contribution in [-0.4, -0.2) is 18.0 Å². The maximum Gasteiger partial charge on any atom is 0.0423 e. The molecule has 0 atom stereocenters. The Balaban J connectivity index is 2.63. The van der Waals surface area contributed by atoms with Crippen LogP contribution in [0.1, 0.15) is 13.3 Å². The summed E-state index contributed by atoms with van der Waals surface area (Å²) in [6.45, 7) is 3.80. The molecule has 3 heteroatoms. The Morgan fingerprint density at radius 2 is 2.50 bits per heavy atom. The lowest BCUT2D eigenvalue weighted by Crippen LogP contribution is -2.22. The van der Waals surface area contributed by atoms with Gasteiger partial charge in [-0.25, -0.2) is 0 Å². The van der Waals surface area contributed by atoms with E-state index in [9.17, 15) is 0 Å². The second-order valence-corrected chi connectivity index (χ2v) is 3.38. The molecule has 66 valence electrons. The molecule has 0 spiro atoms. The maximum atomic E-state index is 5.53. The van der Waals surface area contributed by atoms with Gasteiger partial charge in [0.05, 0.1) is 0 Å². The highest BCUT2D eigenvalue weighted by Crippen LogP contribution is 2.08. The van der Waals surface area contributed by atoms with E-state index in [0.29, 0.717) is 0 Å². The molecule has 0 fully saturated rings. The Bertz CT molecular complexity index is 237. The topological polar surface area (TPSA) is 38.0 Å². The molecule has 0 unspecified atom stereocenters. The van der Waals surface area contributed by atoms with Crippen LogP contribution >= 0.6 is 12.2 Å². The third kappa shape index (κ3) is 2.75. The minimum absolute atomic E-state index is 0.777. The van der Waals surface area contributed by atoms with Crippen molar-refractivity contribution in [3.63, 3.8) is 0 Å². The number of rotatable bonds is 2. The molecule has 0 aromatic rings. The van der Waals surface area contributed by atoms with Crippen molar-refractivity contribution < 1.29 is 0 Å². The first kappa shape index (κ1) is 9.42. The van der Waals surface area contributed by atoms with Gasteiger partial charge in [-0.15, -0.1) is 0 Å². The molecule has 0 aromatic heterocycles. The van der Waals surface area contributed by atoms with Crippen LogP contribution in [0.15, 0.2) is 23.4 Å². The molecule has 1 aliphatic heterocycles. The Morgan fingerprint density at radius 3 is 3.00 bits per heavy atom. The van der Waals surface area contributed by atoms with E-state index in [1.54, 1.807) is 0 Å². The molecule has 1 heterocycles. The second kappa shape index (κ2) is 4.38. The molecule has 0 aliphatic carbocycles. The Kier molecular flexibility index (Phi) is 3.44. The number of hydrogen-bond donors (Lipinski definition) is 2. The minimum Gasteiger partial charge on any atom is -0.402 e. The quantitative estimate of drug-likeness (QED) is 0.497. The van der Waals surface area contributed by atoms with Gasteiger partial charge in [0.25, 0.3) is 0 Å². The largest absolute Gasteiger partial charge is 0.402 e. The molecule has 0 amide bonds. The van der Waals surface area contributed by atoms with Crippen molar-refractivity contribution in [3.8, 4) is 0 Å². The highest BCUT2D eigenvalue weighted by Gasteiger charge is 2.05. The summed E-state index contributed by atoms with van der Waals surface area (Å²) in [6.07, 6.45) is 5.00. The predicted molar refractivity (Wildman–Crippen MR) is 56.1 cm³/mol. The molecule has 2 nitrogen and oxygen atoms in total. The van der Waals surface area contributed by atoms with Crippen molar-refractivity contribution in [1.29, 1.82) is 0 Å². The molecule has 1 rings (SSSR count). The summed E-state index contributed by atoms with van der Waals surface area (Å²) in [7, 11) is 0. The van der Waals surface area contributed by atoms with Gasteiger partial charge in [0.2, 0.25) is 0 Å². The number of thiocarbonyl (C=S) groups is 1. The van der Waals surface area contributed by atoms with Crippen molar-refractivity contribution in [2.45, 2.75) is 13.3 Å². The van der Waals surface area contributed by atoms with Crippen molar-refractivity contribution >= 4 is 17.1 Å².